The van der Waals surface area contributed by atoms with Crippen molar-refractivity contribution in [2.24, 2.45) is 5.92 Å². The fourth-order valence-electron chi connectivity index (χ4n) is 1.23. The highest BCUT2D eigenvalue weighted by Crippen LogP contribution is 2.21. The Morgan fingerprint density at radius 3 is 2.90 bits per heavy atom. The van der Waals surface area contributed by atoms with Crippen molar-refractivity contribution in [3.8, 4) is 0 Å². The van der Waals surface area contributed by atoms with Gasteiger partial charge < -0.3 is 5.11 Å². The van der Waals surface area contributed by atoms with Gasteiger partial charge >= 0.3 is 0 Å². The molecule has 1 aliphatic carbocycles. The lowest BCUT2D eigenvalue weighted by atomic mass is 9.90. The van der Waals surface area contributed by atoms with Crippen molar-refractivity contribution >= 4 is 5.78 Å². The van der Waals surface area contributed by atoms with Crippen molar-refractivity contribution < 1.29 is 9.90 Å². The van der Waals surface area contributed by atoms with Crippen LogP contribution in [0.25, 0.3) is 0 Å². The molecule has 0 saturated carbocycles. The van der Waals surface area contributed by atoms with Gasteiger partial charge in [-0.05, 0) is 18.4 Å². The van der Waals surface area contributed by atoms with Crippen LogP contribution < -0.4 is 5.11 Å². The van der Waals surface area contributed by atoms with Crippen LogP contribution in [-0.2, 0) is 4.79 Å². The molecule has 0 spiro atoms. The Morgan fingerprint density at radius 1 is 1.70 bits per heavy atom. The summed E-state index contributed by atoms with van der Waals surface area (Å²) in [7, 11) is 0. The maximum absolute atomic E-state index is 10.8. The van der Waals surface area contributed by atoms with E-state index in [9.17, 15) is 9.90 Å². The predicted octanol–water partition coefficient (Wildman–Crippen LogP) is 0.620. The minimum Gasteiger partial charge on any atom is -0.875 e. The molecule has 0 heterocycles. The SMILES string of the molecule is CC[C@H]1CC(=O)C=C([O-])C1. The van der Waals surface area contributed by atoms with Crippen LogP contribution in [0.1, 0.15) is 26.2 Å². The van der Waals surface area contributed by atoms with Gasteiger partial charge in [0, 0.05) is 6.42 Å². The summed E-state index contributed by atoms with van der Waals surface area (Å²) in [5.74, 6) is 0.316. The lowest BCUT2D eigenvalue weighted by Crippen LogP contribution is -2.19. The fourth-order valence-corrected chi connectivity index (χ4v) is 1.23. The monoisotopic (exact) mass is 139 g/mol. The van der Waals surface area contributed by atoms with Crippen LogP contribution in [-0.4, -0.2) is 5.78 Å². The molecule has 1 atom stereocenters. The second-order valence-electron chi connectivity index (χ2n) is 2.76. The molecule has 10 heavy (non-hydrogen) atoms. The molecule has 0 radical (unpaired) electrons. The zero-order valence-electron chi connectivity index (χ0n) is 6.09. The maximum Gasteiger partial charge on any atom is 0.155 e. The number of hydrogen-bond donors (Lipinski definition) is 0. The Labute approximate surface area is 60.6 Å². The first-order valence-corrected chi connectivity index (χ1v) is 3.62. The summed E-state index contributed by atoms with van der Waals surface area (Å²) >= 11 is 0. The van der Waals surface area contributed by atoms with Gasteiger partial charge in [0.25, 0.3) is 0 Å². The summed E-state index contributed by atoms with van der Waals surface area (Å²) < 4.78 is 0. The van der Waals surface area contributed by atoms with E-state index in [2.05, 4.69) is 0 Å². The molecule has 0 aromatic heterocycles. The van der Waals surface area contributed by atoms with E-state index in [4.69, 9.17) is 0 Å². The Morgan fingerprint density at radius 2 is 2.40 bits per heavy atom. The average Bonchev–Trinajstić information content (AvgIpc) is 1.85. The lowest BCUT2D eigenvalue weighted by molar-refractivity contribution is -0.309. The lowest BCUT2D eigenvalue weighted by Gasteiger charge is -2.23. The van der Waals surface area contributed by atoms with Gasteiger partial charge in [0.1, 0.15) is 0 Å². The van der Waals surface area contributed by atoms with Crippen LogP contribution in [0.2, 0.25) is 0 Å². The predicted molar refractivity (Wildman–Crippen MR) is 36.1 cm³/mol. The molecule has 2 nitrogen and oxygen atoms in total. The number of allylic oxidation sites excluding steroid dienone is 2. The third kappa shape index (κ3) is 1.59. The van der Waals surface area contributed by atoms with Gasteiger partial charge in [-0.3, -0.25) is 4.79 Å². The first-order valence-electron chi connectivity index (χ1n) is 3.62. The topological polar surface area (TPSA) is 40.1 Å². The fraction of sp³-hybridized carbons (Fsp3) is 0.625. The summed E-state index contributed by atoms with van der Waals surface area (Å²) in [6.07, 6.45) is 3.31. The maximum atomic E-state index is 10.8. The molecule has 0 N–H and O–H groups in total. The van der Waals surface area contributed by atoms with E-state index in [0.29, 0.717) is 18.8 Å². The summed E-state index contributed by atoms with van der Waals surface area (Å²) in [4.78, 5) is 10.8. The molecule has 0 fully saturated rings. The van der Waals surface area contributed by atoms with Gasteiger partial charge in [0.05, 0.1) is 0 Å². The van der Waals surface area contributed by atoms with E-state index in [0.717, 1.165) is 6.42 Å². The smallest absolute Gasteiger partial charge is 0.155 e. The molecule has 0 aromatic carbocycles. The van der Waals surface area contributed by atoms with Crippen LogP contribution in [0.15, 0.2) is 11.8 Å². The van der Waals surface area contributed by atoms with Crippen molar-refractivity contribution in [1.29, 1.82) is 0 Å². The van der Waals surface area contributed by atoms with Crippen molar-refractivity contribution in [3.63, 3.8) is 0 Å². The highest BCUT2D eigenvalue weighted by Gasteiger charge is 2.13. The molecule has 0 amide bonds. The molecular weight excluding hydrogens is 128 g/mol. The largest absolute Gasteiger partial charge is 0.875 e. The van der Waals surface area contributed by atoms with Gasteiger partial charge in [0.2, 0.25) is 0 Å². The van der Waals surface area contributed by atoms with Crippen LogP contribution in [0.4, 0.5) is 0 Å². The number of carbonyl (C=O) groups is 1. The van der Waals surface area contributed by atoms with E-state index in [1.54, 1.807) is 0 Å². The van der Waals surface area contributed by atoms with Crippen molar-refractivity contribution in [3.05, 3.63) is 11.8 Å². The molecule has 2 heteroatoms. The van der Waals surface area contributed by atoms with Crippen molar-refractivity contribution in [2.45, 2.75) is 26.2 Å². The Balaban J connectivity index is 2.60. The molecule has 0 aliphatic heterocycles. The molecule has 0 unspecified atom stereocenters. The summed E-state index contributed by atoms with van der Waals surface area (Å²) in [5, 5.41) is 10.8. The number of carbonyl (C=O) groups excluding carboxylic acids is 1. The second kappa shape index (κ2) is 2.86. The summed E-state index contributed by atoms with van der Waals surface area (Å²) in [6.45, 7) is 2.01. The third-order valence-electron chi connectivity index (χ3n) is 1.88. The molecule has 56 valence electrons. The van der Waals surface area contributed by atoms with E-state index < -0.39 is 0 Å². The van der Waals surface area contributed by atoms with Crippen LogP contribution in [0.5, 0.6) is 0 Å². The third-order valence-corrected chi connectivity index (χ3v) is 1.88. The molecular formula is C8H11O2-. The zero-order chi connectivity index (χ0) is 7.56. The van der Waals surface area contributed by atoms with Gasteiger partial charge in [-0.15, -0.1) is 5.76 Å². The standard InChI is InChI=1S/C8H12O2/c1-2-6-3-7(9)5-8(10)4-6/h5-6,9H,2-4H2,1H3/p-1/t6-/m1/s1. The van der Waals surface area contributed by atoms with E-state index in [1.165, 1.54) is 6.08 Å². The van der Waals surface area contributed by atoms with Crippen LogP contribution in [0, 0.1) is 5.92 Å². The highest BCUT2D eigenvalue weighted by molar-refractivity contribution is 5.90. The molecule has 1 rings (SSSR count). The van der Waals surface area contributed by atoms with E-state index in [1.807, 2.05) is 6.92 Å². The minimum absolute atomic E-state index is 0.00287. The normalized spacial score (nSPS) is 26.3. The number of ketones is 1. The van der Waals surface area contributed by atoms with Crippen molar-refractivity contribution in [1.82, 2.24) is 0 Å². The number of hydrogen-bond acceptors (Lipinski definition) is 2. The minimum atomic E-state index is 0.00287. The molecule has 0 saturated heterocycles. The molecule has 0 bridgehead atoms. The van der Waals surface area contributed by atoms with Crippen molar-refractivity contribution in [2.75, 3.05) is 0 Å². The van der Waals surface area contributed by atoms with Gasteiger partial charge in [0.15, 0.2) is 5.78 Å². The van der Waals surface area contributed by atoms with Gasteiger partial charge in [-0.1, -0.05) is 13.3 Å². The first kappa shape index (κ1) is 7.32. The van der Waals surface area contributed by atoms with Crippen LogP contribution in [0.3, 0.4) is 0 Å². The summed E-state index contributed by atoms with van der Waals surface area (Å²) in [5.41, 5.74) is 0. The molecule has 1 aliphatic rings. The average molecular weight is 139 g/mol. The van der Waals surface area contributed by atoms with E-state index >= 15 is 0 Å². The summed E-state index contributed by atoms with van der Waals surface area (Å²) in [6, 6.07) is 0. The van der Waals surface area contributed by atoms with E-state index in [-0.39, 0.29) is 11.5 Å². The van der Waals surface area contributed by atoms with Crippen LogP contribution >= 0.6 is 0 Å². The molecule has 0 aromatic rings. The Hall–Kier alpha value is -0.790. The zero-order valence-corrected chi connectivity index (χ0v) is 6.09. The first-order chi connectivity index (χ1) is 4.72. The quantitative estimate of drug-likeness (QED) is 0.534. The second-order valence-corrected chi connectivity index (χ2v) is 2.76. The highest BCUT2D eigenvalue weighted by atomic mass is 16.3. The Bertz CT molecular complexity index is 170. The van der Waals surface area contributed by atoms with Gasteiger partial charge in [-0.2, -0.15) is 0 Å². The van der Waals surface area contributed by atoms with Gasteiger partial charge in [-0.25, -0.2) is 0 Å². The Kier molecular flexibility index (Phi) is 2.10. The number of rotatable bonds is 1.